The molecule has 0 radical (unpaired) electrons. The van der Waals surface area contributed by atoms with Crippen molar-refractivity contribution in [3.63, 3.8) is 0 Å². The second-order valence-electron chi connectivity index (χ2n) is 3.40. The summed E-state index contributed by atoms with van der Waals surface area (Å²) in [5.41, 5.74) is 1.12. The molecule has 1 aliphatic heterocycles. The van der Waals surface area contributed by atoms with Gasteiger partial charge in [0.2, 0.25) is 0 Å². The number of fused-ring (bicyclic) bond motifs is 1. The Kier molecular flexibility index (Phi) is 2.73. The Balaban J connectivity index is 2.53. The van der Waals surface area contributed by atoms with Crippen molar-refractivity contribution in [3.05, 3.63) is 27.2 Å². The summed E-state index contributed by atoms with van der Waals surface area (Å²) in [4.78, 5) is 0. The van der Waals surface area contributed by atoms with Crippen LogP contribution in [0.5, 0.6) is 5.75 Å². The van der Waals surface area contributed by atoms with Crippen LogP contribution in [0, 0.1) is 0 Å². The molecule has 0 aromatic heterocycles. The number of benzene rings is 1. The van der Waals surface area contributed by atoms with Gasteiger partial charge in [0.05, 0.1) is 10.5 Å². The first-order chi connectivity index (χ1) is 6.63. The minimum atomic E-state index is 0.143. The number of hydrogen-bond donors (Lipinski definition) is 1. The maximum absolute atomic E-state index is 5.99. The van der Waals surface area contributed by atoms with Gasteiger partial charge in [-0.15, -0.1) is 0 Å². The molecule has 2 atom stereocenters. The minimum absolute atomic E-state index is 0.143. The van der Waals surface area contributed by atoms with Gasteiger partial charge in [-0.3, -0.25) is 0 Å². The summed E-state index contributed by atoms with van der Waals surface area (Å²) in [6.45, 7) is 2.04. The van der Waals surface area contributed by atoms with Crippen molar-refractivity contribution < 1.29 is 4.74 Å². The summed E-state index contributed by atoms with van der Waals surface area (Å²) in [6, 6.07) is 4.03. The number of rotatable bonds is 1. The fourth-order valence-corrected chi connectivity index (χ4v) is 2.76. The van der Waals surface area contributed by atoms with E-state index in [0.717, 1.165) is 20.8 Å². The molecule has 1 aliphatic rings. The Hall–Kier alpha value is -0.250. The van der Waals surface area contributed by atoms with Crippen LogP contribution in [0.15, 0.2) is 16.6 Å². The summed E-state index contributed by atoms with van der Waals surface area (Å²) in [6.07, 6.45) is 0.143. The molecule has 1 aromatic carbocycles. The average molecular weight is 277 g/mol. The van der Waals surface area contributed by atoms with Crippen LogP contribution in [0.4, 0.5) is 0 Å². The van der Waals surface area contributed by atoms with Gasteiger partial charge in [-0.05, 0) is 42.0 Å². The quantitative estimate of drug-likeness (QED) is 0.851. The van der Waals surface area contributed by atoms with E-state index in [1.165, 1.54) is 0 Å². The largest absolute Gasteiger partial charge is 0.487 e. The lowest BCUT2D eigenvalue weighted by Gasteiger charge is -2.12. The van der Waals surface area contributed by atoms with Crippen LogP contribution in [0.1, 0.15) is 18.5 Å². The normalized spacial score (nSPS) is 24.6. The van der Waals surface area contributed by atoms with E-state index in [1.807, 2.05) is 26.1 Å². The fourth-order valence-electron chi connectivity index (χ4n) is 1.83. The van der Waals surface area contributed by atoms with E-state index in [1.54, 1.807) is 0 Å². The van der Waals surface area contributed by atoms with Gasteiger partial charge in [-0.1, -0.05) is 11.6 Å². The molecule has 2 nitrogen and oxygen atoms in total. The predicted octanol–water partition coefficient (Wildman–Crippen LogP) is 3.14. The maximum Gasteiger partial charge on any atom is 0.139 e. The molecular weight excluding hydrogens is 265 g/mol. The summed E-state index contributed by atoms with van der Waals surface area (Å²) in [7, 11) is 1.93. The number of likely N-dealkylation sites (N-methyl/N-ethyl adjacent to an activating group) is 1. The Morgan fingerprint density at radius 1 is 1.50 bits per heavy atom. The molecule has 1 aromatic rings. The first-order valence-corrected chi connectivity index (χ1v) is 5.63. The molecule has 0 fully saturated rings. The van der Waals surface area contributed by atoms with Gasteiger partial charge in [0.25, 0.3) is 0 Å². The molecule has 0 bridgehead atoms. The minimum Gasteiger partial charge on any atom is -0.487 e. The Bertz CT molecular complexity index is 369. The highest BCUT2D eigenvalue weighted by atomic mass is 79.9. The third-order valence-electron chi connectivity index (χ3n) is 2.46. The lowest BCUT2D eigenvalue weighted by Crippen LogP contribution is -2.25. The molecule has 2 rings (SSSR count). The highest BCUT2D eigenvalue weighted by Gasteiger charge is 2.31. The third-order valence-corrected chi connectivity index (χ3v) is 3.26. The number of hydrogen-bond acceptors (Lipinski definition) is 2. The number of ether oxygens (including phenoxy) is 1. The fraction of sp³-hybridized carbons (Fsp3) is 0.400. The highest BCUT2D eigenvalue weighted by Crippen LogP contribution is 2.43. The van der Waals surface area contributed by atoms with Gasteiger partial charge < -0.3 is 10.1 Å². The molecule has 1 N–H and O–H groups in total. The van der Waals surface area contributed by atoms with Crippen LogP contribution in [0.3, 0.4) is 0 Å². The van der Waals surface area contributed by atoms with Crippen LogP contribution in [0.25, 0.3) is 0 Å². The van der Waals surface area contributed by atoms with Crippen LogP contribution < -0.4 is 10.1 Å². The SMILES string of the molecule is CNC1c2cc(Cl)cc(Br)c2OC1C. The average Bonchev–Trinajstić information content (AvgIpc) is 2.41. The molecule has 1 heterocycles. The van der Waals surface area contributed by atoms with Crippen molar-refractivity contribution in [3.8, 4) is 5.75 Å². The third kappa shape index (κ3) is 1.53. The monoisotopic (exact) mass is 275 g/mol. The number of halogens is 2. The maximum atomic E-state index is 5.99. The second kappa shape index (κ2) is 3.72. The van der Waals surface area contributed by atoms with Crippen molar-refractivity contribution in [1.82, 2.24) is 5.32 Å². The van der Waals surface area contributed by atoms with Gasteiger partial charge in [0.15, 0.2) is 0 Å². The molecule has 0 aliphatic carbocycles. The first kappa shape index (κ1) is 10.3. The lowest BCUT2D eigenvalue weighted by molar-refractivity contribution is 0.213. The van der Waals surface area contributed by atoms with Crippen LogP contribution >= 0.6 is 27.5 Å². The van der Waals surface area contributed by atoms with Crippen molar-refractivity contribution in [2.24, 2.45) is 0 Å². The Morgan fingerprint density at radius 2 is 2.21 bits per heavy atom. The molecular formula is C10H11BrClNO. The Morgan fingerprint density at radius 3 is 2.86 bits per heavy atom. The molecule has 14 heavy (non-hydrogen) atoms. The van der Waals surface area contributed by atoms with E-state index in [4.69, 9.17) is 16.3 Å². The van der Waals surface area contributed by atoms with E-state index in [9.17, 15) is 0 Å². The zero-order valence-electron chi connectivity index (χ0n) is 7.97. The molecule has 4 heteroatoms. The summed E-state index contributed by atoms with van der Waals surface area (Å²) in [5, 5.41) is 3.95. The van der Waals surface area contributed by atoms with E-state index in [2.05, 4.69) is 21.2 Å². The molecule has 76 valence electrons. The van der Waals surface area contributed by atoms with Crippen LogP contribution in [-0.4, -0.2) is 13.2 Å². The van der Waals surface area contributed by atoms with E-state index in [-0.39, 0.29) is 12.1 Å². The van der Waals surface area contributed by atoms with Crippen molar-refractivity contribution in [2.45, 2.75) is 19.1 Å². The predicted molar refractivity (Wildman–Crippen MR) is 61.0 cm³/mol. The molecule has 2 unspecified atom stereocenters. The van der Waals surface area contributed by atoms with E-state index >= 15 is 0 Å². The van der Waals surface area contributed by atoms with Crippen molar-refractivity contribution in [1.29, 1.82) is 0 Å². The summed E-state index contributed by atoms with van der Waals surface area (Å²) >= 11 is 9.43. The molecule has 0 saturated heterocycles. The number of nitrogens with one attached hydrogen (secondary N) is 1. The van der Waals surface area contributed by atoms with Gasteiger partial charge in [0.1, 0.15) is 11.9 Å². The first-order valence-electron chi connectivity index (χ1n) is 4.46. The Labute approximate surface area is 96.7 Å². The van der Waals surface area contributed by atoms with Gasteiger partial charge in [-0.2, -0.15) is 0 Å². The van der Waals surface area contributed by atoms with E-state index < -0.39 is 0 Å². The summed E-state index contributed by atoms with van der Waals surface area (Å²) in [5.74, 6) is 0.904. The highest BCUT2D eigenvalue weighted by molar-refractivity contribution is 9.10. The van der Waals surface area contributed by atoms with Crippen LogP contribution in [0.2, 0.25) is 5.02 Å². The smallest absolute Gasteiger partial charge is 0.139 e. The summed E-state index contributed by atoms with van der Waals surface area (Å²) < 4.78 is 6.65. The molecule has 0 spiro atoms. The molecule has 0 saturated carbocycles. The zero-order chi connectivity index (χ0) is 10.3. The van der Waals surface area contributed by atoms with E-state index in [0.29, 0.717) is 0 Å². The topological polar surface area (TPSA) is 21.3 Å². The van der Waals surface area contributed by atoms with Gasteiger partial charge in [-0.25, -0.2) is 0 Å². The lowest BCUT2D eigenvalue weighted by atomic mass is 10.1. The zero-order valence-corrected chi connectivity index (χ0v) is 10.3. The molecule has 0 amide bonds. The van der Waals surface area contributed by atoms with Gasteiger partial charge in [0, 0.05) is 10.6 Å². The van der Waals surface area contributed by atoms with Crippen molar-refractivity contribution in [2.75, 3.05) is 7.05 Å². The van der Waals surface area contributed by atoms with Crippen LogP contribution in [-0.2, 0) is 0 Å². The van der Waals surface area contributed by atoms with Crippen molar-refractivity contribution >= 4 is 27.5 Å². The second-order valence-corrected chi connectivity index (χ2v) is 4.69. The standard InChI is InChI=1S/C10H11BrClNO/c1-5-9(13-2)7-3-6(12)4-8(11)10(7)14-5/h3-5,9,13H,1-2H3. The van der Waals surface area contributed by atoms with Gasteiger partial charge >= 0.3 is 0 Å².